The zero-order valence-corrected chi connectivity index (χ0v) is 20.7. The number of nitrogens with one attached hydrogen (secondary N) is 1. The molecule has 0 saturated heterocycles. The Morgan fingerprint density at radius 2 is 1.73 bits per heavy atom. The van der Waals surface area contributed by atoms with Gasteiger partial charge in [-0.05, 0) is 24.1 Å². The molecule has 0 aliphatic carbocycles. The highest BCUT2D eigenvalue weighted by atomic mass is 16.5. The van der Waals surface area contributed by atoms with Gasteiger partial charge in [0, 0.05) is 13.1 Å². The summed E-state index contributed by atoms with van der Waals surface area (Å²) in [5.41, 5.74) is 9.31. The van der Waals surface area contributed by atoms with Crippen LogP contribution in [0.25, 0.3) is 11.2 Å². The molecular formula is C27H28N8O2. The number of rotatable bonds is 9. The molecule has 0 atom stereocenters. The van der Waals surface area contributed by atoms with E-state index in [2.05, 4.69) is 56.1 Å². The Labute approximate surface area is 214 Å². The summed E-state index contributed by atoms with van der Waals surface area (Å²) in [6, 6.07) is 22.3. The van der Waals surface area contributed by atoms with Crippen LogP contribution in [0, 0.1) is 0 Å². The monoisotopic (exact) mass is 496 g/mol. The standard InChI is InChI=1S/C27H28N8O2/c1-3-35-21-16-20(25(36)32-27-29-17-34(33-27)15-14-28)26(37-2)31-23(21)30-24(35)22(18-10-6-4-7-11-18)19-12-8-5-9-13-19/h4-13,16-17,22H,3,14-15,28H2,1-2H3,(H,32,33,36). The quantitative estimate of drug-likeness (QED) is 0.320. The van der Waals surface area contributed by atoms with Crippen molar-refractivity contribution in [1.82, 2.24) is 29.3 Å². The molecule has 0 bridgehead atoms. The van der Waals surface area contributed by atoms with Crippen LogP contribution in [0.5, 0.6) is 5.88 Å². The number of aromatic nitrogens is 6. The summed E-state index contributed by atoms with van der Waals surface area (Å²) >= 11 is 0. The number of nitrogens with two attached hydrogens (primary N) is 1. The van der Waals surface area contributed by atoms with Gasteiger partial charge in [-0.25, -0.2) is 14.6 Å². The van der Waals surface area contributed by atoms with E-state index >= 15 is 0 Å². The maximum absolute atomic E-state index is 13.2. The number of anilines is 1. The number of hydrogen-bond acceptors (Lipinski definition) is 7. The van der Waals surface area contributed by atoms with Crippen molar-refractivity contribution < 1.29 is 9.53 Å². The first kappa shape index (κ1) is 24.1. The van der Waals surface area contributed by atoms with Crippen LogP contribution in [-0.2, 0) is 13.1 Å². The molecule has 2 aromatic carbocycles. The van der Waals surface area contributed by atoms with E-state index in [4.69, 9.17) is 15.5 Å². The van der Waals surface area contributed by atoms with Crippen LogP contribution in [0.2, 0.25) is 0 Å². The molecule has 0 radical (unpaired) electrons. The lowest BCUT2D eigenvalue weighted by molar-refractivity contribution is 0.102. The van der Waals surface area contributed by atoms with E-state index in [-0.39, 0.29) is 23.3 Å². The molecule has 10 heteroatoms. The maximum Gasteiger partial charge on any atom is 0.263 e. The number of carbonyl (C=O) groups is 1. The summed E-state index contributed by atoms with van der Waals surface area (Å²) in [7, 11) is 1.48. The molecule has 0 fully saturated rings. The van der Waals surface area contributed by atoms with Crippen LogP contribution in [0.15, 0.2) is 73.1 Å². The first-order valence-electron chi connectivity index (χ1n) is 12.1. The molecule has 5 rings (SSSR count). The van der Waals surface area contributed by atoms with Gasteiger partial charge >= 0.3 is 0 Å². The summed E-state index contributed by atoms with van der Waals surface area (Å²) in [5.74, 6) is 0.651. The molecule has 0 aliphatic heterocycles. The van der Waals surface area contributed by atoms with Crippen LogP contribution >= 0.6 is 0 Å². The lowest BCUT2D eigenvalue weighted by Crippen LogP contribution is -2.16. The average molecular weight is 497 g/mol. The van der Waals surface area contributed by atoms with E-state index in [0.29, 0.717) is 25.3 Å². The lowest BCUT2D eigenvalue weighted by Gasteiger charge is -2.19. The van der Waals surface area contributed by atoms with Crippen LogP contribution < -0.4 is 15.8 Å². The van der Waals surface area contributed by atoms with Gasteiger partial charge in [-0.3, -0.25) is 10.1 Å². The van der Waals surface area contributed by atoms with Gasteiger partial charge in [0.25, 0.3) is 5.91 Å². The molecule has 5 aromatic rings. The molecule has 3 heterocycles. The number of imidazole rings is 1. The number of ether oxygens (including phenoxy) is 1. The highest BCUT2D eigenvalue weighted by molar-refractivity contribution is 6.06. The van der Waals surface area contributed by atoms with Gasteiger partial charge < -0.3 is 15.0 Å². The van der Waals surface area contributed by atoms with Crippen molar-refractivity contribution in [2.24, 2.45) is 5.73 Å². The van der Waals surface area contributed by atoms with E-state index < -0.39 is 5.91 Å². The summed E-state index contributed by atoms with van der Waals surface area (Å²) in [4.78, 5) is 26.9. The Balaban J connectivity index is 1.60. The van der Waals surface area contributed by atoms with Gasteiger partial charge in [0.15, 0.2) is 5.65 Å². The van der Waals surface area contributed by atoms with Gasteiger partial charge in [-0.2, -0.15) is 4.98 Å². The zero-order valence-electron chi connectivity index (χ0n) is 20.7. The second-order valence-corrected chi connectivity index (χ2v) is 8.43. The fraction of sp³-hybridized carbons (Fsp3) is 0.222. The summed E-state index contributed by atoms with van der Waals surface area (Å²) in [6.45, 7) is 3.61. The van der Waals surface area contributed by atoms with Crippen LogP contribution in [0.4, 0.5) is 5.95 Å². The van der Waals surface area contributed by atoms with E-state index in [1.54, 1.807) is 10.7 Å². The van der Waals surface area contributed by atoms with E-state index in [0.717, 1.165) is 22.5 Å². The van der Waals surface area contributed by atoms with Gasteiger partial charge in [-0.1, -0.05) is 60.7 Å². The number of benzene rings is 2. The van der Waals surface area contributed by atoms with Gasteiger partial charge in [0.1, 0.15) is 17.7 Å². The third-order valence-electron chi connectivity index (χ3n) is 6.13. The van der Waals surface area contributed by atoms with E-state index in [1.807, 2.05) is 36.4 Å². The smallest absolute Gasteiger partial charge is 0.263 e. The number of carbonyl (C=O) groups excluding carboxylic acids is 1. The highest BCUT2D eigenvalue weighted by Crippen LogP contribution is 2.34. The first-order valence-corrected chi connectivity index (χ1v) is 12.1. The third-order valence-corrected chi connectivity index (χ3v) is 6.13. The fourth-order valence-electron chi connectivity index (χ4n) is 4.46. The van der Waals surface area contributed by atoms with Crippen molar-refractivity contribution in [3.8, 4) is 5.88 Å². The number of nitrogens with zero attached hydrogens (tertiary/aromatic N) is 6. The number of aryl methyl sites for hydroxylation is 1. The molecule has 3 N–H and O–H groups in total. The van der Waals surface area contributed by atoms with Crippen molar-refractivity contribution in [3.63, 3.8) is 0 Å². The van der Waals surface area contributed by atoms with Crippen LogP contribution in [-0.4, -0.2) is 48.9 Å². The van der Waals surface area contributed by atoms with E-state index in [1.165, 1.54) is 13.4 Å². The number of pyridine rings is 1. The SMILES string of the molecule is CCn1c(C(c2ccccc2)c2ccccc2)nc2nc(OC)c(C(=O)Nc3ncn(CCN)n3)cc21. The molecule has 188 valence electrons. The Morgan fingerprint density at radius 1 is 1.05 bits per heavy atom. The zero-order chi connectivity index (χ0) is 25.8. The topological polar surface area (TPSA) is 126 Å². The second-order valence-electron chi connectivity index (χ2n) is 8.43. The highest BCUT2D eigenvalue weighted by Gasteiger charge is 2.26. The average Bonchev–Trinajstić information content (AvgIpc) is 3.52. The number of hydrogen-bond donors (Lipinski definition) is 2. The molecular weight excluding hydrogens is 468 g/mol. The minimum Gasteiger partial charge on any atom is -0.480 e. The molecule has 0 saturated carbocycles. The lowest BCUT2D eigenvalue weighted by atomic mass is 9.90. The summed E-state index contributed by atoms with van der Waals surface area (Å²) in [5, 5.41) is 6.95. The second kappa shape index (κ2) is 10.6. The Hall–Kier alpha value is -4.57. The van der Waals surface area contributed by atoms with Crippen molar-refractivity contribution in [1.29, 1.82) is 0 Å². The molecule has 1 amide bonds. The number of fused-ring (bicyclic) bond motifs is 1. The molecule has 10 nitrogen and oxygen atoms in total. The number of methoxy groups -OCH3 is 1. The van der Waals surface area contributed by atoms with Crippen LogP contribution in [0.1, 0.15) is 40.2 Å². The van der Waals surface area contributed by atoms with Gasteiger partial charge in [0.2, 0.25) is 11.8 Å². The molecule has 0 aliphatic rings. The third kappa shape index (κ3) is 4.78. The van der Waals surface area contributed by atoms with Crippen molar-refractivity contribution >= 4 is 23.0 Å². The molecule has 0 spiro atoms. The van der Waals surface area contributed by atoms with Crippen molar-refractivity contribution in [2.75, 3.05) is 19.0 Å². The first-order chi connectivity index (χ1) is 18.1. The number of amides is 1. The Morgan fingerprint density at radius 3 is 2.32 bits per heavy atom. The minimum atomic E-state index is -0.426. The molecule has 0 unspecified atom stereocenters. The van der Waals surface area contributed by atoms with Gasteiger partial charge in [0.05, 0.1) is 25.1 Å². The van der Waals surface area contributed by atoms with Gasteiger partial charge in [-0.15, -0.1) is 5.10 Å². The van der Waals surface area contributed by atoms with Crippen molar-refractivity contribution in [3.05, 3.63) is 95.6 Å². The normalized spacial score (nSPS) is 11.2. The molecule has 3 aromatic heterocycles. The maximum atomic E-state index is 13.2. The largest absolute Gasteiger partial charge is 0.480 e. The summed E-state index contributed by atoms with van der Waals surface area (Å²) < 4.78 is 9.15. The summed E-state index contributed by atoms with van der Waals surface area (Å²) in [6.07, 6.45) is 1.52. The van der Waals surface area contributed by atoms with Crippen LogP contribution in [0.3, 0.4) is 0 Å². The predicted molar refractivity (Wildman–Crippen MR) is 141 cm³/mol. The van der Waals surface area contributed by atoms with Crippen molar-refractivity contribution in [2.45, 2.75) is 25.9 Å². The fourth-order valence-corrected chi connectivity index (χ4v) is 4.46. The Kier molecular flexibility index (Phi) is 6.91. The van der Waals surface area contributed by atoms with E-state index in [9.17, 15) is 4.79 Å². The molecule has 37 heavy (non-hydrogen) atoms. The minimum absolute atomic E-state index is 0.115. The predicted octanol–water partition coefficient (Wildman–Crippen LogP) is 3.44. The Bertz CT molecular complexity index is 1470.